The minimum absolute atomic E-state index is 0.00292. The van der Waals surface area contributed by atoms with E-state index in [9.17, 15) is 9.59 Å². The molecule has 5 nitrogen and oxygen atoms in total. The second-order valence-corrected chi connectivity index (χ2v) is 2.94. The number of carboxylic acid groups (broad SMARTS) is 1. The molecule has 1 unspecified atom stereocenters. The molecule has 1 heterocycles. The van der Waals surface area contributed by atoms with Gasteiger partial charge in [-0.3, -0.25) is 4.79 Å². The number of carbonyl (C=O) groups is 2. The molecule has 0 spiro atoms. The number of amides is 1. The Morgan fingerprint density at radius 3 is 3.00 bits per heavy atom. The van der Waals surface area contributed by atoms with E-state index in [1.807, 2.05) is 0 Å². The van der Waals surface area contributed by atoms with Gasteiger partial charge in [-0.2, -0.15) is 0 Å². The fourth-order valence-corrected chi connectivity index (χ4v) is 1.47. The maximum absolute atomic E-state index is 11.1. The van der Waals surface area contributed by atoms with Crippen LogP contribution < -0.4 is 0 Å². The van der Waals surface area contributed by atoms with E-state index in [1.54, 1.807) is 6.92 Å². The third-order valence-corrected chi connectivity index (χ3v) is 2.10. The zero-order chi connectivity index (χ0) is 9.84. The molecule has 0 aliphatic carbocycles. The van der Waals surface area contributed by atoms with Crippen molar-refractivity contribution in [2.45, 2.75) is 25.8 Å². The van der Waals surface area contributed by atoms with Gasteiger partial charge in [-0.15, -0.1) is 0 Å². The number of aliphatic carboxylic acids is 1. The van der Waals surface area contributed by atoms with Crippen molar-refractivity contribution in [2.24, 2.45) is 0 Å². The van der Waals surface area contributed by atoms with Gasteiger partial charge >= 0.3 is 12.1 Å². The molecule has 0 aromatic heterocycles. The van der Waals surface area contributed by atoms with Gasteiger partial charge in [-0.25, -0.2) is 4.79 Å². The number of cyclic esters (lactones) is 1. The average Bonchev–Trinajstić information content (AvgIpc) is 2.03. The summed E-state index contributed by atoms with van der Waals surface area (Å²) in [5.41, 5.74) is 0. The lowest BCUT2D eigenvalue weighted by Crippen LogP contribution is -2.46. The maximum Gasteiger partial charge on any atom is 0.410 e. The summed E-state index contributed by atoms with van der Waals surface area (Å²) in [5.74, 6) is -0.877. The van der Waals surface area contributed by atoms with Crippen LogP contribution in [0.1, 0.15) is 19.8 Å². The molecule has 1 aliphatic heterocycles. The summed E-state index contributed by atoms with van der Waals surface area (Å²) >= 11 is 0. The Morgan fingerprint density at radius 1 is 1.77 bits per heavy atom. The van der Waals surface area contributed by atoms with Crippen LogP contribution >= 0.6 is 0 Å². The quantitative estimate of drug-likeness (QED) is 0.706. The first kappa shape index (κ1) is 9.83. The summed E-state index contributed by atoms with van der Waals surface area (Å²) in [7, 11) is 0. The number of rotatable bonds is 3. The number of hydrogen-bond acceptors (Lipinski definition) is 3. The van der Waals surface area contributed by atoms with E-state index in [0.29, 0.717) is 19.6 Å². The Morgan fingerprint density at radius 2 is 2.46 bits per heavy atom. The van der Waals surface area contributed by atoms with E-state index in [2.05, 4.69) is 0 Å². The highest BCUT2D eigenvalue weighted by Crippen LogP contribution is 2.15. The standard InChI is InChI=1S/C8H13NO4/c1-2-9-6(5-7(10)11)3-4-13-8(9)12/h6H,2-5H2,1H3,(H,10,11). The molecule has 0 radical (unpaired) electrons. The Bertz CT molecular complexity index is 216. The fourth-order valence-electron chi connectivity index (χ4n) is 1.47. The van der Waals surface area contributed by atoms with Crippen LogP contribution in [0.3, 0.4) is 0 Å². The molecule has 1 N–H and O–H groups in total. The van der Waals surface area contributed by atoms with Gasteiger partial charge in [0.15, 0.2) is 0 Å². The zero-order valence-electron chi connectivity index (χ0n) is 7.52. The molecule has 5 heteroatoms. The van der Waals surface area contributed by atoms with Gasteiger partial charge in [0.2, 0.25) is 0 Å². The fraction of sp³-hybridized carbons (Fsp3) is 0.750. The van der Waals surface area contributed by atoms with Crippen LogP contribution in [0.25, 0.3) is 0 Å². The monoisotopic (exact) mass is 187 g/mol. The van der Waals surface area contributed by atoms with Crippen molar-refractivity contribution >= 4 is 12.1 Å². The van der Waals surface area contributed by atoms with Gasteiger partial charge in [-0.05, 0) is 6.92 Å². The third-order valence-electron chi connectivity index (χ3n) is 2.10. The van der Waals surface area contributed by atoms with E-state index < -0.39 is 12.1 Å². The van der Waals surface area contributed by atoms with Gasteiger partial charge in [-0.1, -0.05) is 0 Å². The molecule has 0 aromatic carbocycles. The van der Waals surface area contributed by atoms with E-state index in [1.165, 1.54) is 4.90 Å². The third kappa shape index (κ3) is 2.34. The van der Waals surface area contributed by atoms with Crippen LogP contribution in [0.15, 0.2) is 0 Å². The maximum atomic E-state index is 11.1. The van der Waals surface area contributed by atoms with Gasteiger partial charge in [0.1, 0.15) is 0 Å². The van der Waals surface area contributed by atoms with E-state index in [0.717, 1.165) is 0 Å². The predicted molar refractivity (Wildman–Crippen MR) is 44.4 cm³/mol. The van der Waals surface area contributed by atoms with E-state index in [4.69, 9.17) is 9.84 Å². The van der Waals surface area contributed by atoms with Gasteiger partial charge < -0.3 is 14.7 Å². The van der Waals surface area contributed by atoms with Gasteiger partial charge in [0.25, 0.3) is 0 Å². The highest BCUT2D eigenvalue weighted by molar-refractivity contribution is 5.72. The molecule has 1 atom stereocenters. The van der Waals surface area contributed by atoms with Gasteiger partial charge in [0.05, 0.1) is 13.0 Å². The number of carboxylic acids is 1. The molecule has 0 bridgehead atoms. The molecular weight excluding hydrogens is 174 g/mol. The lowest BCUT2D eigenvalue weighted by molar-refractivity contribution is -0.138. The number of hydrogen-bond donors (Lipinski definition) is 1. The van der Waals surface area contributed by atoms with Crippen molar-refractivity contribution in [1.82, 2.24) is 4.90 Å². The highest BCUT2D eigenvalue weighted by Gasteiger charge is 2.29. The topological polar surface area (TPSA) is 66.8 Å². The van der Waals surface area contributed by atoms with Crippen LogP contribution in [0, 0.1) is 0 Å². The summed E-state index contributed by atoms with van der Waals surface area (Å²) in [6, 6.07) is -0.205. The molecule has 1 fully saturated rings. The normalized spacial score (nSPS) is 22.7. The van der Waals surface area contributed by atoms with Crippen molar-refractivity contribution in [2.75, 3.05) is 13.2 Å². The van der Waals surface area contributed by atoms with Crippen molar-refractivity contribution in [3.8, 4) is 0 Å². The average molecular weight is 187 g/mol. The molecule has 1 saturated heterocycles. The summed E-state index contributed by atoms with van der Waals surface area (Å²) in [6.45, 7) is 2.63. The molecule has 0 aromatic rings. The number of carbonyl (C=O) groups excluding carboxylic acids is 1. The molecule has 0 saturated carbocycles. The first-order chi connectivity index (χ1) is 6.15. The Balaban J connectivity index is 2.59. The first-order valence-electron chi connectivity index (χ1n) is 4.30. The lowest BCUT2D eigenvalue weighted by atomic mass is 10.1. The first-order valence-corrected chi connectivity index (χ1v) is 4.30. The van der Waals surface area contributed by atoms with Crippen LogP contribution in [0.2, 0.25) is 0 Å². The van der Waals surface area contributed by atoms with E-state index in [-0.39, 0.29) is 12.5 Å². The summed E-state index contributed by atoms with van der Waals surface area (Å²) in [6.07, 6.45) is 0.203. The Labute approximate surface area is 76.3 Å². The smallest absolute Gasteiger partial charge is 0.410 e. The number of nitrogens with zero attached hydrogens (tertiary/aromatic N) is 1. The Kier molecular flexibility index (Phi) is 3.11. The molecular formula is C8H13NO4. The van der Waals surface area contributed by atoms with Crippen molar-refractivity contribution in [3.63, 3.8) is 0 Å². The minimum Gasteiger partial charge on any atom is -0.481 e. The van der Waals surface area contributed by atoms with Crippen molar-refractivity contribution in [3.05, 3.63) is 0 Å². The van der Waals surface area contributed by atoms with Crippen LogP contribution in [-0.4, -0.2) is 41.3 Å². The second-order valence-electron chi connectivity index (χ2n) is 2.94. The van der Waals surface area contributed by atoms with E-state index >= 15 is 0 Å². The van der Waals surface area contributed by atoms with Crippen molar-refractivity contribution in [1.29, 1.82) is 0 Å². The summed E-state index contributed by atoms with van der Waals surface area (Å²) in [5, 5.41) is 8.59. The molecule has 1 aliphatic rings. The minimum atomic E-state index is -0.877. The van der Waals surface area contributed by atoms with Crippen LogP contribution in [0.5, 0.6) is 0 Å². The SMILES string of the molecule is CCN1C(=O)OCCC1CC(=O)O. The zero-order valence-corrected chi connectivity index (χ0v) is 7.52. The molecule has 74 valence electrons. The van der Waals surface area contributed by atoms with Crippen molar-refractivity contribution < 1.29 is 19.4 Å². The molecule has 1 rings (SSSR count). The number of ether oxygens (including phenoxy) is 1. The predicted octanol–water partition coefficient (Wildman–Crippen LogP) is 0.692. The summed E-state index contributed by atoms with van der Waals surface area (Å²) in [4.78, 5) is 23.0. The summed E-state index contributed by atoms with van der Waals surface area (Å²) < 4.78 is 4.79. The molecule has 13 heavy (non-hydrogen) atoms. The van der Waals surface area contributed by atoms with Crippen LogP contribution in [-0.2, 0) is 9.53 Å². The Hall–Kier alpha value is -1.26. The van der Waals surface area contributed by atoms with Gasteiger partial charge in [0, 0.05) is 19.0 Å². The second kappa shape index (κ2) is 4.11. The highest BCUT2D eigenvalue weighted by atomic mass is 16.6. The van der Waals surface area contributed by atoms with Crippen LogP contribution in [0.4, 0.5) is 4.79 Å². The largest absolute Gasteiger partial charge is 0.481 e. The molecule has 1 amide bonds. The lowest BCUT2D eigenvalue weighted by Gasteiger charge is -2.33.